The molecular weight excluding hydrogens is 355 g/mol. The van der Waals surface area contributed by atoms with E-state index in [-0.39, 0.29) is 22.8 Å². The number of aliphatic hydroxyl groups excluding tert-OH is 1. The van der Waals surface area contributed by atoms with Gasteiger partial charge in [0, 0.05) is 32.7 Å². The first-order chi connectivity index (χ1) is 13.3. The van der Waals surface area contributed by atoms with Gasteiger partial charge in [-0.05, 0) is 48.1 Å². The van der Waals surface area contributed by atoms with Gasteiger partial charge in [-0.1, -0.05) is 32.9 Å². The first-order valence-corrected chi connectivity index (χ1v) is 10.8. The number of para-hydroxylation sites is 1. The number of hydrogen-bond donors (Lipinski definition) is 1. The average Bonchev–Trinajstić information content (AvgIpc) is 3.14. The van der Waals surface area contributed by atoms with E-state index >= 15 is 0 Å². The van der Waals surface area contributed by atoms with E-state index in [1.54, 1.807) is 6.07 Å². The van der Waals surface area contributed by atoms with E-state index < -0.39 is 6.10 Å². The van der Waals surface area contributed by atoms with Crippen LogP contribution in [0.4, 0.5) is 10.1 Å². The van der Waals surface area contributed by atoms with E-state index in [1.165, 1.54) is 25.3 Å². The fraction of sp³-hybridized carbons (Fsp3) is 0.739. The fourth-order valence-corrected chi connectivity index (χ4v) is 6.11. The third-order valence-electron chi connectivity index (χ3n) is 7.63. The minimum absolute atomic E-state index is 0.161. The number of nitrogens with zero attached hydrogens (tertiary/aromatic N) is 2. The van der Waals surface area contributed by atoms with Gasteiger partial charge in [0.05, 0.1) is 24.5 Å². The molecular formula is C23H35FN2O2. The van der Waals surface area contributed by atoms with Gasteiger partial charge < -0.3 is 14.7 Å². The number of rotatable bonds is 6. The molecule has 1 aliphatic heterocycles. The van der Waals surface area contributed by atoms with E-state index in [4.69, 9.17) is 4.74 Å². The van der Waals surface area contributed by atoms with Crippen LogP contribution in [0.15, 0.2) is 24.3 Å². The Hall–Kier alpha value is -1.17. The third-order valence-corrected chi connectivity index (χ3v) is 7.63. The summed E-state index contributed by atoms with van der Waals surface area (Å²) in [5.74, 6) is 0.595. The Kier molecular flexibility index (Phi) is 5.45. The number of halogens is 1. The molecule has 1 N–H and O–H groups in total. The first kappa shape index (κ1) is 20.1. The lowest BCUT2D eigenvalue weighted by Crippen LogP contribution is -2.50. The van der Waals surface area contributed by atoms with Crippen LogP contribution in [0.5, 0.6) is 0 Å². The molecule has 0 amide bonds. The maximum absolute atomic E-state index is 14.0. The van der Waals surface area contributed by atoms with Crippen molar-refractivity contribution in [3.8, 4) is 0 Å². The Labute approximate surface area is 168 Å². The molecule has 0 spiro atoms. The van der Waals surface area contributed by atoms with Gasteiger partial charge >= 0.3 is 0 Å². The Balaban J connectivity index is 1.24. The summed E-state index contributed by atoms with van der Waals surface area (Å²) in [6.45, 7) is 11.3. The van der Waals surface area contributed by atoms with Crippen LogP contribution in [0.3, 0.4) is 0 Å². The van der Waals surface area contributed by atoms with Crippen LogP contribution in [-0.4, -0.2) is 61.5 Å². The average molecular weight is 391 g/mol. The summed E-state index contributed by atoms with van der Waals surface area (Å²) in [6, 6.07) is 6.96. The van der Waals surface area contributed by atoms with Crippen molar-refractivity contribution in [3.05, 3.63) is 30.1 Å². The van der Waals surface area contributed by atoms with E-state index in [0.717, 1.165) is 32.1 Å². The second kappa shape index (κ2) is 7.58. The molecule has 0 radical (unpaired) electrons. The lowest BCUT2D eigenvalue weighted by Gasteiger charge is -2.43. The molecule has 0 unspecified atom stereocenters. The molecule has 4 rings (SSSR count). The summed E-state index contributed by atoms with van der Waals surface area (Å²) in [4.78, 5) is 4.35. The van der Waals surface area contributed by atoms with Gasteiger partial charge in [0.15, 0.2) is 0 Å². The number of ether oxygens (including phenoxy) is 1. The second-order valence-electron chi connectivity index (χ2n) is 10.0. The van der Waals surface area contributed by atoms with Crippen molar-refractivity contribution in [1.82, 2.24) is 4.90 Å². The molecule has 28 heavy (non-hydrogen) atoms. The van der Waals surface area contributed by atoms with Crippen LogP contribution in [0.25, 0.3) is 0 Å². The van der Waals surface area contributed by atoms with Crippen LogP contribution in [-0.2, 0) is 4.74 Å². The maximum atomic E-state index is 14.0. The zero-order valence-corrected chi connectivity index (χ0v) is 17.5. The Morgan fingerprint density at radius 2 is 1.89 bits per heavy atom. The molecule has 156 valence electrons. The Morgan fingerprint density at radius 3 is 2.54 bits per heavy atom. The largest absolute Gasteiger partial charge is 0.389 e. The SMILES string of the molecule is CC1(C)[C@@H]2CC[C@@](C)(C2)[C@@H]1OC[C@H](O)CN1CCN(c2ccccc2F)CC1. The van der Waals surface area contributed by atoms with Crippen LogP contribution in [0.1, 0.15) is 40.0 Å². The van der Waals surface area contributed by atoms with Crippen molar-refractivity contribution in [2.45, 2.75) is 52.2 Å². The van der Waals surface area contributed by atoms with Gasteiger partial charge in [0.2, 0.25) is 0 Å². The topological polar surface area (TPSA) is 35.9 Å². The number of benzene rings is 1. The fourth-order valence-electron chi connectivity index (χ4n) is 6.11. The lowest BCUT2D eigenvalue weighted by atomic mass is 9.70. The summed E-state index contributed by atoms with van der Waals surface area (Å²) in [7, 11) is 0. The van der Waals surface area contributed by atoms with Gasteiger partial charge in [0.1, 0.15) is 5.82 Å². The molecule has 1 aromatic rings. The number of aliphatic hydroxyl groups is 1. The highest BCUT2D eigenvalue weighted by molar-refractivity contribution is 5.47. The third kappa shape index (κ3) is 3.69. The van der Waals surface area contributed by atoms with Crippen LogP contribution >= 0.6 is 0 Å². The normalized spacial score (nSPS) is 33.4. The Morgan fingerprint density at radius 1 is 1.18 bits per heavy atom. The zero-order valence-electron chi connectivity index (χ0n) is 17.5. The molecule has 2 aliphatic carbocycles. The first-order valence-electron chi connectivity index (χ1n) is 10.8. The zero-order chi connectivity index (χ0) is 19.9. The monoisotopic (exact) mass is 390 g/mol. The molecule has 0 aromatic heterocycles. The summed E-state index contributed by atoms with van der Waals surface area (Å²) in [6.07, 6.45) is 3.60. The predicted octanol–water partition coefficient (Wildman–Crippen LogP) is 3.54. The molecule has 2 saturated carbocycles. The molecule has 4 nitrogen and oxygen atoms in total. The minimum Gasteiger partial charge on any atom is -0.389 e. The summed E-state index contributed by atoms with van der Waals surface area (Å²) in [5, 5.41) is 10.6. The van der Waals surface area contributed by atoms with Crippen molar-refractivity contribution in [1.29, 1.82) is 0 Å². The van der Waals surface area contributed by atoms with Gasteiger partial charge in [0.25, 0.3) is 0 Å². The molecule has 1 saturated heterocycles. The molecule has 3 fully saturated rings. The molecule has 3 aliphatic rings. The lowest BCUT2D eigenvalue weighted by molar-refractivity contribution is -0.113. The van der Waals surface area contributed by atoms with Gasteiger partial charge in [-0.15, -0.1) is 0 Å². The number of anilines is 1. The molecule has 1 heterocycles. The summed E-state index contributed by atoms with van der Waals surface area (Å²) in [5.41, 5.74) is 1.16. The van der Waals surface area contributed by atoms with Crippen molar-refractivity contribution >= 4 is 5.69 Å². The molecule has 4 atom stereocenters. The number of hydrogen-bond acceptors (Lipinski definition) is 4. The van der Waals surface area contributed by atoms with Crippen molar-refractivity contribution in [3.63, 3.8) is 0 Å². The molecule has 2 bridgehead atoms. The van der Waals surface area contributed by atoms with Crippen LogP contribution in [0.2, 0.25) is 0 Å². The van der Waals surface area contributed by atoms with Gasteiger partial charge in [-0.2, -0.15) is 0 Å². The predicted molar refractivity (Wildman–Crippen MR) is 110 cm³/mol. The highest BCUT2D eigenvalue weighted by Crippen LogP contribution is 2.63. The number of β-amino-alcohol motifs (C(OH)–C–C–N with tert-alkyl or cyclic N) is 1. The van der Waals surface area contributed by atoms with E-state index in [1.807, 2.05) is 12.1 Å². The number of piperazine rings is 1. The van der Waals surface area contributed by atoms with Crippen molar-refractivity contribution in [2.24, 2.45) is 16.7 Å². The highest BCUT2D eigenvalue weighted by atomic mass is 19.1. The smallest absolute Gasteiger partial charge is 0.146 e. The van der Waals surface area contributed by atoms with E-state index in [9.17, 15) is 9.50 Å². The van der Waals surface area contributed by atoms with Gasteiger partial charge in [-0.3, -0.25) is 4.90 Å². The Bertz CT molecular complexity index is 684. The quantitative estimate of drug-likeness (QED) is 0.806. The van der Waals surface area contributed by atoms with Crippen LogP contribution < -0.4 is 4.90 Å². The van der Waals surface area contributed by atoms with Gasteiger partial charge in [-0.25, -0.2) is 4.39 Å². The van der Waals surface area contributed by atoms with Crippen molar-refractivity contribution in [2.75, 3.05) is 44.2 Å². The number of fused-ring (bicyclic) bond motifs is 2. The summed E-state index contributed by atoms with van der Waals surface area (Å²) < 4.78 is 20.3. The van der Waals surface area contributed by atoms with Crippen LogP contribution in [0, 0.1) is 22.6 Å². The van der Waals surface area contributed by atoms with E-state index in [0.29, 0.717) is 18.8 Å². The maximum Gasteiger partial charge on any atom is 0.146 e. The second-order valence-corrected chi connectivity index (χ2v) is 10.0. The standard InChI is InChI=1S/C23H35FN2O2/c1-22(2)17-8-9-23(3,14-17)21(22)28-16-18(27)15-25-10-12-26(13-11-25)20-7-5-4-6-19(20)24/h4-7,17-18,21,27H,8-16H2,1-3H3/t17-,18-,21-,23+/m1/s1. The van der Waals surface area contributed by atoms with Crippen molar-refractivity contribution < 1.29 is 14.2 Å². The molecule has 1 aromatic carbocycles. The highest BCUT2D eigenvalue weighted by Gasteiger charge is 2.60. The van der Waals surface area contributed by atoms with E-state index in [2.05, 4.69) is 30.6 Å². The minimum atomic E-state index is -0.474. The molecule has 5 heteroatoms. The summed E-state index contributed by atoms with van der Waals surface area (Å²) >= 11 is 0.